The van der Waals surface area contributed by atoms with Crippen LogP contribution in [0.4, 0.5) is 5.82 Å². The third-order valence-electron chi connectivity index (χ3n) is 5.73. The Morgan fingerprint density at radius 3 is 2.67 bits per heavy atom. The molecule has 4 heterocycles. The highest BCUT2D eigenvalue weighted by Crippen LogP contribution is 2.32. The molecule has 0 radical (unpaired) electrons. The van der Waals surface area contributed by atoms with Gasteiger partial charge in [-0.2, -0.15) is 10.1 Å². The lowest BCUT2D eigenvalue weighted by Gasteiger charge is -2.16. The van der Waals surface area contributed by atoms with Crippen LogP contribution in [0.25, 0.3) is 10.9 Å². The number of carbonyl (C=O) groups is 1. The number of likely N-dealkylation sites (tertiary alicyclic amines) is 1. The fourth-order valence-electron chi connectivity index (χ4n) is 4.03. The Hall–Kier alpha value is -4.06. The van der Waals surface area contributed by atoms with Gasteiger partial charge in [-0.05, 0) is 30.4 Å². The Bertz CT molecular complexity index is 1260. The number of pyridine rings is 2. The van der Waals surface area contributed by atoms with Gasteiger partial charge < -0.3 is 20.1 Å². The summed E-state index contributed by atoms with van der Waals surface area (Å²) in [6, 6.07) is 3.47. The van der Waals surface area contributed by atoms with E-state index >= 15 is 0 Å². The second-order valence-electron chi connectivity index (χ2n) is 7.66. The summed E-state index contributed by atoms with van der Waals surface area (Å²) < 4.78 is 12.4. The van der Waals surface area contributed by atoms with Gasteiger partial charge in [-0.15, -0.1) is 0 Å². The number of methoxy groups -OCH3 is 2. The maximum atomic E-state index is 12.1. The van der Waals surface area contributed by atoms with E-state index in [1.165, 1.54) is 20.3 Å². The minimum atomic E-state index is -0.0774. The second kappa shape index (κ2) is 9.20. The maximum absolute atomic E-state index is 12.1. The van der Waals surface area contributed by atoms with Crippen molar-refractivity contribution in [1.29, 1.82) is 0 Å². The van der Waals surface area contributed by atoms with Crippen LogP contribution in [0.2, 0.25) is 0 Å². The van der Waals surface area contributed by atoms with Crippen molar-refractivity contribution < 1.29 is 14.3 Å². The van der Waals surface area contributed by atoms with Crippen LogP contribution < -0.4 is 15.2 Å². The summed E-state index contributed by atoms with van der Waals surface area (Å²) in [5, 5.41) is 5.57. The number of aryl methyl sites for hydroxylation is 1. The Morgan fingerprint density at radius 2 is 2.03 bits per heavy atom. The monoisotopic (exact) mass is 446 g/mol. The Kier molecular flexibility index (Phi) is 6.18. The molecule has 1 atom stereocenters. The number of nitrogens with zero attached hydrogens (tertiary/aromatic N) is 5. The molecule has 0 unspecified atom stereocenters. The molecule has 33 heavy (non-hydrogen) atoms. The smallest absolute Gasteiger partial charge is 0.246 e. The van der Waals surface area contributed by atoms with Crippen LogP contribution in [0.3, 0.4) is 0 Å². The molecule has 170 valence electrons. The molecule has 4 rings (SSSR count). The molecule has 0 aliphatic carbocycles. The summed E-state index contributed by atoms with van der Waals surface area (Å²) >= 11 is 0. The molecule has 2 N–H and O–H groups in total. The van der Waals surface area contributed by atoms with E-state index in [9.17, 15) is 4.79 Å². The Labute approximate surface area is 192 Å². The first-order chi connectivity index (χ1) is 16.0. The van der Waals surface area contributed by atoms with Gasteiger partial charge in [-0.25, -0.2) is 4.98 Å². The average Bonchev–Trinajstić information content (AvgIpc) is 3.48. The lowest BCUT2D eigenvalue weighted by Crippen LogP contribution is -2.27. The first-order valence-corrected chi connectivity index (χ1v) is 10.7. The molecule has 1 aliphatic heterocycles. The maximum Gasteiger partial charge on any atom is 0.246 e. The Morgan fingerprint density at radius 1 is 1.30 bits per heavy atom. The minimum Gasteiger partial charge on any atom is -0.481 e. The molecule has 1 amide bonds. The van der Waals surface area contributed by atoms with E-state index in [1.807, 2.05) is 4.68 Å². The van der Waals surface area contributed by atoms with Gasteiger partial charge >= 0.3 is 0 Å². The summed E-state index contributed by atoms with van der Waals surface area (Å²) in [5.74, 6) is 7.38. The van der Waals surface area contributed by atoms with Crippen LogP contribution in [0.15, 0.2) is 31.0 Å². The van der Waals surface area contributed by atoms with Crippen LogP contribution in [-0.2, 0) is 11.2 Å². The third-order valence-corrected chi connectivity index (χ3v) is 5.73. The number of carbonyl (C=O) groups excluding carboxylic acids is 1. The van der Waals surface area contributed by atoms with Crippen LogP contribution >= 0.6 is 0 Å². The van der Waals surface area contributed by atoms with E-state index in [0.29, 0.717) is 41.9 Å². The van der Waals surface area contributed by atoms with Crippen molar-refractivity contribution in [1.82, 2.24) is 24.6 Å². The zero-order valence-corrected chi connectivity index (χ0v) is 19.0. The van der Waals surface area contributed by atoms with Crippen LogP contribution in [-0.4, -0.2) is 57.9 Å². The predicted octanol–water partition coefficient (Wildman–Crippen LogP) is 2.35. The SMILES string of the molecule is C=CC(=O)N1CC[C@H](n2nc(C#Cc3cc(OC)nc(OC)c3)c3c(N)ncc(CC)c32)C1. The molecular weight excluding hydrogens is 420 g/mol. The summed E-state index contributed by atoms with van der Waals surface area (Å²) in [7, 11) is 3.07. The van der Waals surface area contributed by atoms with Crippen molar-refractivity contribution in [3.63, 3.8) is 0 Å². The fourth-order valence-corrected chi connectivity index (χ4v) is 4.03. The molecule has 1 aliphatic rings. The van der Waals surface area contributed by atoms with E-state index in [0.717, 1.165) is 29.3 Å². The summed E-state index contributed by atoms with van der Waals surface area (Å²) in [5.41, 5.74) is 9.44. The molecular formula is C24H26N6O3. The number of ether oxygens (including phenoxy) is 2. The average molecular weight is 447 g/mol. The van der Waals surface area contributed by atoms with E-state index in [4.69, 9.17) is 20.3 Å². The molecule has 0 bridgehead atoms. The number of hydrogen-bond donors (Lipinski definition) is 1. The van der Waals surface area contributed by atoms with E-state index in [2.05, 4.69) is 35.3 Å². The quantitative estimate of drug-likeness (QED) is 0.473. The Balaban J connectivity index is 1.82. The number of nitrogens with two attached hydrogens (primary N) is 1. The number of anilines is 1. The minimum absolute atomic E-state index is 0.0140. The molecule has 3 aromatic heterocycles. The number of rotatable bonds is 5. The van der Waals surface area contributed by atoms with Crippen molar-refractivity contribution in [2.24, 2.45) is 0 Å². The number of nitrogen functional groups attached to an aromatic ring is 1. The first kappa shape index (κ1) is 22.1. The van der Waals surface area contributed by atoms with Crippen LogP contribution in [0.1, 0.15) is 36.2 Å². The van der Waals surface area contributed by atoms with Gasteiger partial charge in [-0.1, -0.05) is 19.4 Å². The highest BCUT2D eigenvalue weighted by Gasteiger charge is 2.29. The van der Waals surface area contributed by atoms with Crippen LogP contribution in [0, 0.1) is 11.8 Å². The van der Waals surface area contributed by atoms with Crippen molar-refractivity contribution in [2.75, 3.05) is 33.0 Å². The molecule has 1 fully saturated rings. The fraction of sp³-hybridized carbons (Fsp3) is 0.333. The van der Waals surface area contributed by atoms with Gasteiger partial charge in [0.15, 0.2) is 0 Å². The molecule has 3 aromatic rings. The van der Waals surface area contributed by atoms with Gasteiger partial charge in [0.2, 0.25) is 17.7 Å². The number of fused-ring (bicyclic) bond motifs is 1. The van der Waals surface area contributed by atoms with Gasteiger partial charge in [0, 0.05) is 37.0 Å². The molecule has 9 nitrogen and oxygen atoms in total. The molecule has 9 heteroatoms. The highest BCUT2D eigenvalue weighted by molar-refractivity contribution is 5.95. The van der Waals surface area contributed by atoms with Gasteiger partial charge in [0.05, 0.1) is 31.2 Å². The second-order valence-corrected chi connectivity index (χ2v) is 7.66. The van der Waals surface area contributed by atoms with Gasteiger partial charge in [0.1, 0.15) is 11.5 Å². The third kappa shape index (κ3) is 4.20. The van der Waals surface area contributed by atoms with E-state index in [1.54, 1.807) is 23.2 Å². The topological polar surface area (TPSA) is 108 Å². The molecule has 0 spiro atoms. The van der Waals surface area contributed by atoms with Crippen molar-refractivity contribution in [2.45, 2.75) is 25.8 Å². The summed E-state index contributed by atoms with van der Waals surface area (Å²) in [4.78, 5) is 22.5. The first-order valence-electron chi connectivity index (χ1n) is 10.7. The number of hydrogen-bond acceptors (Lipinski definition) is 7. The van der Waals surface area contributed by atoms with Crippen LogP contribution in [0.5, 0.6) is 11.8 Å². The zero-order valence-electron chi connectivity index (χ0n) is 19.0. The molecule has 1 saturated heterocycles. The summed E-state index contributed by atoms with van der Waals surface area (Å²) in [6.45, 7) is 6.86. The van der Waals surface area contributed by atoms with E-state index in [-0.39, 0.29) is 11.9 Å². The number of aromatic nitrogens is 4. The van der Waals surface area contributed by atoms with Crippen molar-refractivity contribution >= 4 is 22.6 Å². The molecule has 0 saturated carbocycles. The highest BCUT2D eigenvalue weighted by atomic mass is 16.5. The van der Waals surface area contributed by atoms with E-state index < -0.39 is 0 Å². The molecule has 0 aromatic carbocycles. The number of amides is 1. The lowest BCUT2D eigenvalue weighted by atomic mass is 10.1. The predicted molar refractivity (Wildman–Crippen MR) is 125 cm³/mol. The van der Waals surface area contributed by atoms with Gasteiger partial charge in [-0.3, -0.25) is 9.48 Å². The zero-order chi connectivity index (χ0) is 23.5. The largest absolute Gasteiger partial charge is 0.481 e. The van der Waals surface area contributed by atoms with Gasteiger partial charge in [0.25, 0.3) is 0 Å². The van der Waals surface area contributed by atoms with Crippen molar-refractivity contribution in [3.8, 4) is 23.6 Å². The van der Waals surface area contributed by atoms with Crippen molar-refractivity contribution in [3.05, 3.63) is 47.8 Å². The standard InChI is InChI=1S/C24H26N6O3/c1-5-16-13-26-24(25)22-18(8-7-15-11-19(32-3)27-20(12-15)33-4)28-30(23(16)22)17-9-10-29(14-17)21(31)6-2/h6,11-13,17H,2,5,9-10,14H2,1,3-4H3,(H2,25,26)/t17-/m0/s1. The summed E-state index contributed by atoms with van der Waals surface area (Å²) in [6.07, 6.45) is 4.68. The normalized spacial score (nSPS) is 15.2. The lowest BCUT2D eigenvalue weighted by molar-refractivity contribution is -0.125.